The van der Waals surface area contributed by atoms with Crippen LogP contribution in [0, 0.1) is 5.82 Å². The Morgan fingerprint density at radius 3 is 3.17 bits per heavy atom. The third-order valence-electron chi connectivity index (χ3n) is 2.47. The summed E-state index contributed by atoms with van der Waals surface area (Å²) in [6.07, 6.45) is 1.38. The van der Waals surface area contributed by atoms with Gasteiger partial charge in [-0.1, -0.05) is 0 Å². The zero-order chi connectivity index (χ0) is 8.29. The molecule has 3 heteroatoms. The fourth-order valence-electron chi connectivity index (χ4n) is 1.77. The maximum atomic E-state index is 13.1. The summed E-state index contributed by atoms with van der Waals surface area (Å²) in [5.74, 6) is 1.11. The Morgan fingerprint density at radius 1 is 1.50 bits per heavy atom. The van der Waals surface area contributed by atoms with E-state index in [-0.39, 0.29) is 5.82 Å². The maximum Gasteiger partial charge on any atom is 0.137 e. The average molecular weight is 229 g/mol. The highest BCUT2D eigenvalue weighted by Crippen LogP contribution is 2.56. The van der Waals surface area contributed by atoms with Gasteiger partial charge >= 0.3 is 0 Å². The monoisotopic (exact) mass is 228 g/mol. The Hall–Kier alpha value is -0.570. The van der Waals surface area contributed by atoms with E-state index in [0.29, 0.717) is 16.5 Å². The molecule has 3 rings (SSSR count). The van der Waals surface area contributed by atoms with E-state index < -0.39 is 0 Å². The SMILES string of the molecule is Fc1ccc2c(c1Br)C1CC1O2. The van der Waals surface area contributed by atoms with Crippen molar-refractivity contribution in [2.45, 2.75) is 18.4 Å². The highest BCUT2D eigenvalue weighted by Gasteiger charge is 2.49. The van der Waals surface area contributed by atoms with Crippen molar-refractivity contribution in [1.29, 1.82) is 0 Å². The van der Waals surface area contributed by atoms with Crippen LogP contribution in [0.5, 0.6) is 5.75 Å². The predicted molar refractivity (Wildman–Crippen MR) is 45.9 cm³/mol. The van der Waals surface area contributed by atoms with Crippen molar-refractivity contribution in [2.75, 3.05) is 0 Å². The average Bonchev–Trinajstić information content (AvgIpc) is 2.71. The second-order valence-electron chi connectivity index (χ2n) is 3.27. The molecule has 1 saturated carbocycles. The first-order valence-corrected chi connectivity index (χ1v) is 4.71. The van der Waals surface area contributed by atoms with Crippen molar-refractivity contribution in [3.63, 3.8) is 0 Å². The molecular weight excluding hydrogens is 223 g/mol. The lowest BCUT2D eigenvalue weighted by molar-refractivity contribution is 0.318. The van der Waals surface area contributed by atoms with Crippen molar-refractivity contribution in [3.05, 3.63) is 28.0 Å². The third-order valence-corrected chi connectivity index (χ3v) is 3.28. The van der Waals surface area contributed by atoms with Crippen LogP contribution in [-0.4, -0.2) is 6.10 Å². The molecule has 1 fully saturated rings. The van der Waals surface area contributed by atoms with Crippen LogP contribution in [0.15, 0.2) is 16.6 Å². The lowest BCUT2D eigenvalue weighted by atomic mass is 10.1. The lowest BCUT2D eigenvalue weighted by Crippen LogP contribution is -1.91. The largest absolute Gasteiger partial charge is 0.489 e. The van der Waals surface area contributed by atoms with E-state index in [2.05, 4.69) is 15.9 Å². The van der Waals surface area contributed by atoms with Gasteiger partial charge in [-0.25, -0.2) is 4.39 Å². The molecule has 12 heavy (non-hydrogen) atoms. The summed E-state index contributed by atoms with van der Waals surface area (Å²) in [6.45, 7) is 0. The van der Waals surface area contributed by atoms with Gasteiger partial charge in [0.2, 0.25) is 0 Å². The molecule has 1 heterocycles. The number of halogens is 2. The van der Waals surface area contributed by atoms with Crippen molar-refractivity contribution in [3.8, 4) is 5.75 Å². The minimum absolute atomic E-state index is 0.190. The Bertz CT molecular complexity index is 364. The highest BCUT2D eigenvalue weighted by atomic mass is 79.9. The molecule has 62 valence electrons. The number of rotatable bonds is 0. The number of hydrogen-bond donors (Lipinski definition) is 0. The van der Waals surface area contributed by atoms with Gasteiger partial charge in [0.15, 0.2) is 0 Å². The van der Waals surface area contributed by atoms with Crippen LogP contribution >= 0.6 is 15.9 Å². The molecule has 1 aromatic rings. The fraction of sp³-hybridized carbons (Fsp3) is 0.333. The van der Waals surface area contributed by atoms with Crippen LogP contribution in [0.3, 0.4) is 0 Å². The first-order chi connectivity index (χ1) is 5.77. The molecule has 0 spiro atoms. The summed E-state index contributed by atoms with van der Waals surface area (Å²) in [5.41, 5.74) is 1.03. The van der Waals surface area contributed by atoms with Crippen LogP contribution in [0.1, 0.15) is 17.9 Å². The standard InChI is InChI=1S/C9H6BrFO/c10-9-5(11)1-2-6-8(9)4-3-7(4)12-6/h1-2,4,7H,3H2. The molecule has 0 aromatic heterocycles. The van der Waals surface area contributed by atoms with Gasteiger partial charge in [-0.3, -0.25) is 0 Å². The van der Waals surface area contributed by atoms with Gasteiger partial charge in [0.25, 0.3) is 0 Å². The summed E-state index contributed by atoms with van der Waals surface area (Å²) in [5, 5.41) is 0. The molecule has 0 amide bonds. The Balaban J connectivity index is 2.26. The molecule has 0 N–H and O–H groups in total. The molecule has 1 aliphatic carbocycles. The quantitative estimate of drug-likeness (QED) is 0.664. The van der Waals surface area contributed by atoms with Crippen molar-refractivity contribution < 1.29 is 9.13 Å². The Morgan fingerprint density at radius 2 is 2.33 bits per heavy atom. The van der Waals surface area contributed by atoms with Gasteiger partial charge in [-0.15, -0.1) is 0 Å². The number of ether oxygens (including phenoxy) is 1. The van der Waals surface area contributed by atoms with Crippen LogP contribution < -0.4 is 4.74 Å². The van der Waals surface area contributed by atoms with Crippen molar-refractivity contribution in [1.82, 2.24) is 0 Å². The van der Waals surface area contributed by atoms with E-state index in [1.165, 1.54) is 6.07 Å². The van der Waals surface area contributed by atoms with Crippen LogP contribution in [0.2, 0.25) is 0 Å². The van der Waals surface area contributed by atoms with Crippen molar-refractivity contribution >= 4 is 15.9 Å². The zero-order valence-corrected chi connectivity index (χ0v) is 7.77. The summed E-state index contributed by atoms with van der Waals surface area (Å²) in [6, 6.07) is 3.15. The number of hydrogen-bond acceptors (Lipinski definition) is 1. The van der Waals surface area contributed by atoms with Gasteiger partial charge in [-0.05, 0) is 34.5 Å². The minimum atomic E-state index is -0.190. The second kappa shape index (κ2) is 2.02. The Labute approximate surface area is 77.7 Å². The van der Waals surface area contributed by atoms with Gasteiger partial charge in [0.1, 0.15) is 17.7 Å². The van der Waals surface area contributed by atoms with Gasteiger partial charge < -0.3 is 4.74 Å². The summed E-state index contributed by atoms with van der Waals surface area (Å²) in [4.78, 5) is 0. The smallest absolute Gasteiger partial charge is 0.137 e. The van der Waals surface area contributed by atoms with E-state index in [1.807, 2.05) is 0 Å². The van der Waals surface area contributed by atoms with E-state index in [1.54, 1.807) is 6.07 Å². The molecule has 1 nitrogen and oxygen atoms in total. The topological polar surface area (TPSA) is 9.23 Å². The summed E-state index contributed by atoms with van der Waals surface area (Å²) in [7, 11) is 0. The van der Waals surface area contributed by atoms with E-state index in [9.17, 15) is 4.39 Å². The second-order valence-corrected chi connectivity index (χ2v) is 4.06. The van der Waals surface area contributed by atoms with Gasteiger partial charge in [0, 0.05) is 11.5 Å². The lowest BCUT2D eigenvalue weighted by Gasteiger charge is -2.04. The maximum absolute atomic E-state index is 13.1. The molecular formula is C9H6BrFO. The molecule has 1 aliphatic heterocycles. The third kappa shape index (κ3) is 0.724. The molecule has 0 radical (unpaired) electrons. The van der Waals surface area contributed by atoms with E-state index in [0.717, 1.165) is 17.7 Å². The summed E-state index contributed by atoms with van der Waals surface area (Å²) < 4.78 is 19.2. The van der Waals surface area contributed by atoms with Crippen LogP contribution in [-0.2, 0) is 0 Å². The normalized spacial score (nSPS) is 29.2. The number of benzene rings is 1. The first-order valence-electron chi connectivity index (χ1n) is 3.92. The first kappa shape index (κ1) is 6.89. The molecule has 1 aromatic carbocycles. The van der Waals surface area contributed by atoms with Crippen LogP contribution in [0.4, 0.5) is 4.39 Å². The molecule has 2 unspecified atom stereocenters. The van der Waals surface area contributed by atoms with E-state index in [4.69, 9.17) is 4.74 Å². The molecule has 2 atom stereocenters. The fourth-order valence-corrected chi connectivity index (χ4v) is 2.39. The highest BCUT2D eigenvalue weighted by molar-refractivity contribution is 9.10. The molecule has 0 saturated heterocycles. The predicted octanol–water partition coefficient (Wildman–Crippen LogP) is 2.84. The van der Waals surface area contributed by atoms with Crippen LogP contribution in [0.25, 0.3) is 0 Å². The Kier molecular flexibility index (Phi) is 1.16. The minimum Gasteiger partial charge on any atom is -0.489 e. The summed E-state index contributed by atoms with van der Waals surface area (Å²) >= 11 is 3.24. The van der Waals surface area contributed by atoms with Gasteiger partial charge in [-0.2, -0.15) is 0 Å². The van der Waals surface area contributed by atoms with E-state index >= 15 is 0 Å². The number of fused-ring (bicyclic) bond motifs is 3. The van der Waals surface area contributed by atoms with Gasteiger partial charge in [0.05, 0.1) is 4.47 Å². The zero-order valence-electron chi connectivity index (χ0n) is 6.18. The molecule has 0 bridgehead atoms. The van der Waals surface area contributed by atoms with Crippen molar-refractivity contribution in [2.24, 2.45) is 0 Å². The molecule has 2 aliphatic rings.